The van der Waals surface area contributed by atoms with Crippen LogP contribution in [0.2, 0.25) is 5.02 Å². The largest absolute Gasteiger partial charge is 0.489 e. The third kappa shape index (κ3) is 4.80. The molecule has 0 radical (unpaired) electrons. The molecule has 1 fully saturated rings. The highest BCUT2D eigenvalue weighted by Gasteiger charge is 2.24. The lowest BCUT2D eigenvalue weighted by Gasteiger charge is -2.32. The minimum atomic E-state index is -0.924. The molecule has 0 bridgehead atoms. The number of urea groups is 1. The van der Waals surface area contributed by atoms with Crippen LogP contribution in [-0.2, 0) is 4.79 Å². The maximum atomic E-state index is 11.9. The predicted molar refractivity (Wildman–Crippen MR) is 82.3 cm³/mol. The van der Waals surface area contributed by atoms with E-state index in [0.717, 1.165) is 12.8 Å². The van der Waals surface area contributed by atoms with Crippen molar-refractivity contribution < 1.29 is 19.4 Å². The summed E-state index contributed by atoms with van der Waals surface area (Å²) in [5, 5.41) is 11.7. The molecule has 1 aromatic rings. The lowest BCUT2D eigenvalue weighted by molar-refractivity contribution is -0.136. The van der Waals surface area contributed by atoms with Gasteiger partial charge in [0.1, 0.15) is 11.9 Å². The molecule has 1 aliphatic heterocycles. The Morgan fingerprint density at radius 1 is 1.32 bits per heavy atom. The maximum absolute atomic E-state index is 11.9. The number of aliphatic carboxylic acids is 1. The van der Waals surface area contributed by atoms with Gasteiger partial charge in [0.05, 0.1) is 11.4 Å². The first kappa shape index (κ1) is 16.4. The van der Waals surface area contributed by atoms with Gasteiger partial charge in [-0.15, -0.1) is 0 Å². The van der Waals surface area contributed by atoms with Crippen molar-refractivity contribution in [2.75, 3.05) is 19.6 Å². The molecule has 0 saturated carbocycles. The van der Waals surface area contributed by atoms with Crippen LogP contribution in [-0.4, -0.2) is 47.7 Å². The van der Waals surface area contributed by atoms with Crippen LogP contribution in [0.15, 0.2) is 24.3 Å². The standard InChI is InChI=1S/C15H19ClN2O4/c16-12-3-1-2-4-13(12)22-11-6-9-18(10-7-11)15(21)17-8-5-14(19)20/h1-4,11H,5-10H2,(H,17,21)(H,19,20). The molecule has 0 atom stereocenters. The highest BCUT2D eigenvalue weighted by atomic mass is 35.5. The van der Waals surface area contributed by atoms with Gasteiger partial charge in [-0.25, -0.2) is 4.79 Å². The molecule has 0 spiro atoms. The highest BCUT2D eigenvalue weighted by Crippen LogP contribution is 2.26. The van der Waals surface area contributed by atoms with Gasteiger partial charge in [-0.3, -0.25) is 4.79 Å². The summed E-state index contributed by atoms with van der Waals surface area (Å²) in [6.45, 7) is 1.30. The number of likely N-dealkylation sites (tertiary alicyclic amines) is 1. The Labute approximate surface area is 134 Å². The first-order valence-electron chi connectivity index (χ1n) is 7.22. The van der Waals surface area contributed by atoms with Crippen molar-refractivity contribution in [1.82, 2.24) is 10.2 Å². The molecule has 7 heteroatoms. The van der Waals surface area contributed by atoms with Crippen molar-refractivity contribution in [3.63, 3.8) is 0 Å². The summed E-state index contributed by atoms with van der Waals surface area (Å²) in [4.78, 5) is 23.9. The fraction of sp³-hybridized carbons (Fsp3) is 0.467. The number of halogens is 1. The molecule has 1 saturated heterocycles. The van der Waals surface area contributed by atoms with E-state index in [9.17, 15) is 9.59 Å². The van der Waals surface area contributed by atoms with Gasteiger partial charge in [-0.2, -0.15) is 0 Å². The van der Waals surface area contributed by atoms with Crippen molar-refractivity contribution in [2.45, 2.75) is 25.4 Å². The Morgan fingerprint density at radius 2 is 2.00 bits per heavy atom. The van der Waals surface area contributed by atoms with Gasteiger partial charge in [0, 0.05) is 32.5 Å². The molecule has 22 heavy (non-hydrogen) atoms. The molecule has 2 amide bonds. The number of carbonyl (C=O) groups excluding carboxylic acids is 1. The summed E-state index contributed by atoms with van der Waals surface area (Å²) in [7, 11) is 0. The molecule has 6 nitrogen and oxygen atoms in total. The number of hydrogen-bond acceptors (Lipinski definition) is 3. The summed E-state index contributed by atoms with van der Waals surface area (Å²) in [5.74, 6) is -0.263. The minimum absolute atomic E-state index is 0.0305. The number of nitrogens with one attached hydrogen (secondary N) is 1. The van der Waals surface area contributed by atoms with E-state index in [1.807, 2.05) is 18.2 Å². The number of piperidine rings is 1. The normalized spacial score (nSPS) is 15.4. The monoisotopic (exact) mass is 326 g/mol. The minimum Gasteiger partial charge on any atom is -0.489 e. The Balaban J connectivity index is 1.74. The SMILES string of the molecule is O=C(O)CCNC(=O)N1CCC(Oc2ccccc2Cl)CC1. The van der Waals surface area contributed by atoms with Crippen molar-refractivity contribution in [3.8, 4) is 5.75 Å². The van der Waals surface area contributed by atoms with Crippen molar-refractivity contribution >= 4 is 23.6 Å². The predicted octanol–water partition coefficient (Wildman–Crippen LogP) is 2.37. The molecular weight excluding hydrogens is 308 g/mol. The smallest absolute Gasteiger partial charge is 0.317 e. The fourth-order valence-corrected chi connectivity index (χ4v) is 2.47. The fourth-order valence-electron chi connectivity index (χ4n) is 2.28. The topological polar surface area (TPSA) is 78.9 Å². The highest BCUT2D eigenvalue weighted by molar-refractivity contribution is 6.32. The van der Waals surface area contributed by atoms with Gasteiger partial charge in [0.2, 0.25) is 0 Å². The average Bonchev–Trinajstić information content (AvgIpc) is 2.50. The van der Waals surface area contributed by atoms with Gasteiger partial charge in [-0.1, -0.05) is 23.7 Å². The molecular formula is C15H19ClN2O4. The van der Waals surface area contributed by atoms with Crippen LogP contribution in [0.5, 0.6) is 5.75 Å². The number of amides is 2. The summed E-state index contributed by atoms with van der Waals surface area (Å²) in [5.41, 5.74) is 0. The van der Waals surface area contributed by atoms with Crippen LogP contribution in [0.3, 0.4) is 0 Å². The first-order chi connectivity index (χ1) is 10.6. The van der Waals surface area contributed by atoms with E-state index >= 15 is 0 Å². The van der Waals surface area contributed by atoms with E-state index in [4.69, 9.17) is 21.4 Å². The van der Waals surface area contributed by atoms with Crippen LogP contribution in [0, 0.1) is 0 Å². The zero-order valence-electron chi connectivity index (χ0n) is 12.1. The van der Waals surface area contributed by atoms with Crippen molar-refractivity contribution in [1.29, 1.82) is 0 Å². The number of rotatable bonds is 5. The third-order valence-electron chi connectivity index (χ3n) is 3.47. The van der Waals surface area contributed by atoms with E-state index in [-0.39, 0.29) is 25.1 Å². The van der Waals surface area contributed by atoms with Crippen molar-refractivity contribution in [3.05, 3.63) is 29.3 Å². The quantitative estimate of drug-likeness (QED) is 0.870. The summed E-state index contributed by atoms with van der Waals surface area (Å²) in [6, 6.07) is 7.10. The van der Waals surface area contributed by atoms with Crippen LogP contribution < -0.4 is 10.1 Å². The van der Waals surface area contributed by atoms with E-state index in [1.165, 1.54) is 0 Å². The van der Waals surface area contributed by atoms with E-state index in [1.54, 1.807) is 11.0 Å². The number of ether oxygens (including phenoxy) is 1. The lowest BCUT2D eigenvalue weighted by Crippen LogP contribution is -2.46. The van der Waals surface area contributed by atoms with E-state index < -0.39 is 5.97 Å². The van der Waals surface area contributed by atoms with Crippen LogP contribution in [0.25, 0.3) is 0 Å². The van der Waals surface area contributed by atoms with Crippen molar-refractivity contribution in [2.24, 2.45) is 0 Å². The number of benzene rings is 1. The molecule has 1 aliphatic rings. The van der Waals surface area contributed by atoms with Gasteiger partial charge < -0.3 is 20.1 Å². The van der Waals surface area contributed by atoms with Crippen LogP contribution in [0.4, 0.5) is 4.79 Å². The molecule has 0 unspecified atom stereocenters. The van der Waals surface area contributed by atoms with Gasteiger partial charge >= 0.3 is 12.0 Å². The molecule has 1 aromatic carbocycles. The zero-order valence-corrected chi connectivity index (χ0v) is 12.9. The molecule has 0 aromatic heterocycles. The number of carboxylic acids is 1. The summed E-state index contributed by atoms with van der Waals surface area (Å²) in [6.07, 6.45) is 1.40. The number of para-hydroxylation sites is 1. The molecule has 0 aliphatic carbocycles. The van der Waals surface area contributed by atoms with Gasteiger partial charge in [-0.05, 0) is 12.1 Å². The second kappa shape index (κ2) is 7.89. The molecule has 1 heterocycles. The van der Waals surface area contributed by atoms with Gasteiger partial charge in [0.15, 0.2) is 0 Å². The first-order valence-corrected chi connectivity index (χ1v) is 7.60. The average molecular weight is 327 g/mol. The second-order valence-corrected chi connectivity index (χ2v) is 5.52. The third-order valence-corrected chi connectivity index (χ3v) is 3.79. The van der Waals surface area contributed by atoms with Crippen LogP contribution in [0.1, 0.15) is 19.3 Å². The number of carbonyl (C=O) groups is 2. The Kier molecular flexibility index (Phi) is 5.89. The number of nitrogens with zero attached hydrogens (tertiary/aromatic N) is 1. The molecule has 2 rings (SSSR count). The molecule has 120 valence electrons. The number of hydrogen-bond donors (Lipinski definition) is 2. The lowest BCUT2D eigenvalue weighted by atomic mass is 10.1. The second-order valence-electron chi connectivity index (χ2n) is 5.11. The zero-order chi connectivity index (χ0) is 15.9. The molecule has 2 N–H and O–H groups in total. The maximum Gasteiger partial charge on any atom is 0.317 e. The van der Waals surface area contributed by atoms with Crippen LogP contribution >= 0.6 is 11.6 Å². The summed E-state index contributed by atoms with van der Waals surface area (Å²) < 4.78 is 5.86. The summed E-state index contributed by atoms with van der Waals surface area (Å²) >= 11 is 6.06. The van der Waals surface area contributed by atoms with E-state index in [0.29, 0.717) is 23.9 Å². The Morgan fingerprint density at radius 3 is 2.64 bits per heavy atom. The Hall–Kier alpha value is -1.95. The number of carboxylic acid groups (broad SMARTS) is 1. The van der Waals surface area contributed by atoms with E-state index in [2.05, 4.69) is 5.32 Å². The Bertz CT molecular complexity index is 530. The van der Waals surface area contributed by atoms with Gasteiger partial charge in [0.25, 0.3) is 0 Å².